The van der Waals surface area contributed by atoms with Gasteiger partial charge in [-0.2, -0.15) is 0 Å². The minimum atomic E-state index is -0.291. The Bertz CT molecular complexity index is 758. The van der Waals surface area contributed by atoms with Crippen LogP contribution in [0, 0.1) is 5.92 Å². The third-order valence-electron chi connectivity index (χ3n) is 4.76. The third-order valence-corrected chi connectivity index (χ3v) is 5.67. The van der Waals surface area contributed by atoms with Crippen LogP contribution in [0.2, 0.25) is 0 Å². The second kappa shape index (κ2) is 8.00. The average Bonchev–Trinajstić information content (AvgIpc) is 3.14. The molecule has 1 fully saturated rings. The summed E-state index contributed by atoms with van der Waals surface area (Å²) in [5.41, 5.74) is 0.733. The lowest BCUT2D eigenvalue weighted by Crippen LogP contribution is -2.45. The van der Waals surface area contributed by atoms with Gasteiger partial charge in [-0.15, -0.1) is 11.3 Å². The van der Waals surface area contributed by atoms with Gasteiger partial charge in [-0.3, -0.25) is 9.59 Å². The molecular weight excluding hydrogens is 332 g/mol. The maximum atomic E-state index is 13.1. The van der Waals surface area contributed by atoms with Crippen LogP contribution in [0.5, 0.6) is 0 Å². The van der Waals surface area contributed by atoms with Gasteiger partial charge in [-0.25, -0.2) is 0 Å². The van der Waals surface area contributed by atoms with E-state index < -0.39 is 0 Å². The van der Waals surface area contributed by atoms with E-state index in [-0.39, 0.29) is 23.1 Å². The normalized spacial score (nSPS) is 15.5. The smallest absolute Gasteiger partial charge is 0.261 e. The monoisotopic (exact) mass is 358 g/mol. The third kappa shape index (κ3) is 4.21. The predicted molar refractivity (Wildman–Crippen MR) is 103 cm³/mol. The van der Waals surface area contributed by atoms with Crippen molar-refractivity contribution in [2.24, 2.45) is 5.92 Å². The zero-order valence-electron chi connectivity index (χ0n) is 15.0. The Morgan fingerprint density at radius 3 is 2.60 bits per heavy atom. The highest BCUT2D eigenvalue weighted by atomic mass is 32.1. The minimum Gasteiger partial charge on any atom is -0.335 e. The van der Waals surface area contributed by atoms with Crippen LogP contribution in [0.1, 0.15) is 56.3 Å². The molecule has 3 rings (SSSR count). The molecule has 0 radical (unpaired) electrons. The molecule has 2 heterocycles. The molecule has 0 aliphatic heterocycles. The van der Waals surface area contributed by atoms with Gasteiger partial charge in [0.05, 0.1) is 10.6 Å². The van der Waals surface area contributed by atoms with E-state index in [0.717, 1.165) is 23.4 Å². The Morgan fingerprint density at radius 2 is 2.00 bits per heavy atom. The molecule has 134 valence electrons. The van der Waals surface area contributed by atoms with Gasteiger partial charge in [0.1, 0.15) is 5.56 Å². The summed E-state index contributed by atoms with van der Waals surface area (Å²) in [7, 11) is 0. The van der Waals surface area contributed by atoms with E-state index in [0.29, 0.717) is 12.5 Å². The van der Waals surface area contributed by atoms with Crippen LogP contribution in [-0.4, -0.2) is 28.4 Å². The molecule has 0 aromatic carbocycles. The summed E-state index contributed by atoms with van der Waals surface area (Å²) in [6, 6.07) is 7.71. The summed E-state index contributed by atoms with van der Waals surface area (Å²) in [4.78, 5) is 31.5. The molecular formula is C20H26N2O2S. The number of hydrogen-bond acceptors (Lipinski definition) is 3. The quantitative estimate of drug-likeness (QED) is 0.853. The number of carbonyl (C=O) groups excluding carboxylic acids is 1. The van der Waals surface area contributed by atoms with Crippen molar-refractivity contribution in [3.8, 4) is 10.6 Å². The number of rotatable bonds is 5. The fourth-order valence-corrected chi connectivity index (χ4v) is 4.26. The number of aromatic amines is 1. The standard InChI is InChI=1S/C20H26N2O2S/c1-14(2)13-22(15-7-4-3-5-8-15)20(24)16-10-11-17(21-19(16)23)18-9-6-12-25-18/h6,9-12,14-15H,3-5,7-8,13H2,1-2H3,(H,21,23). The molecule has 25 heavy (non-hydrogen) atoms. The summed E-state index contributed by atoms with van der Waals surface area (Å²) >= 11 is 1.57. The second-order valence-electron chi connectivity index (χ2n) is 7.24. The van der Waals surface area contributed by atoms with E-state index in [1.807, 2.05) is 28.5 Å². The lowest BCUT2D eigenvalue weighted by molar-refractivity contribution is 0.0602. The largest absolute Gasteiger partial charge is 0.335 e. The molecule has 2 aromatic rings. The molecule has 1 N–H and O–H groups in total. The van der Waals surface area contributed by atoms with Crippen molar-refractivity contribution in [1.29, 1.82) is 0 Å². The van der Waals surface area contributed by atoms with Crippen LogP contribution in [0.4, 0.5) is 0 Å². The van der Waals surface area contributed by atoms with Crippen LogP contribution in [0.15, 0.2) is 34.4 Å². The maximum Gasteiger partial charge on any atom is 0.261 e. The zero-order valence-corrected chi connectivity index (χ0v) is 15.8. The Labute approximate surface area is 152 Å². The van der Waals surface area contributed by atoms with E-state index in [4.69, 9.17) is 0 Å². The topological polar surface area (TPSA) is 53.2 Å². The number of amides is 1. The molecule has 0 unspecified atom stereocenters. The minimum absolute atomic E-state index is 0.125. The van der Waals surface area contributed by atoms with Gasteiger partial charge in [0.2, 0.25) is 0 Å². The fourth-order valence-electron chi connectivity index (χ4n) is 3.56. The van der Waals surface area contributed by atoms with Gasteiger partial charge >= 0.3 is 0 Å². The van der Waals surface area contributed by atoms with Gasteiger partial charge in [-0.1, -0.05) is 39.2 Å². The number of pyridine rings is 1. The summed E-state index contributed by atoms with van der Waals surface area (Å²) in [5.74, 6) is 0.259. The number of hydrogen-bond donors (Lipinski definition) is 1. The maximum absolute atomic E-state index is 13.1. The van der Waals surface area contributed by atoms with Crippen molar-refractivity contribution in [2.75, 3.05) is 6.54 Å². The molecule has 1 saturated carbocycles. The molecule has 1 aliphatic carbocycles. The summed E-state index contributed by atoms with van der Waals surface area (Å²) in [6.45, 7) is 4.94. The van der Waals surface area contributed by atoms with Crippen LogP contribution in [-0.2, 0) is 0 Å². The average molecular weight is 359 g/mol. The first-order valence-corrected chi connectivity index (χ1v) is 10.0. The molecule has 4 nitrogen and oxygen atoms in total. The number of aromatic nitrogens is 1. The zero-order chi connectivity index (χ0) is 17.8. The Morgan fingerprint density at radius 1 is 1.24 bits per heavy atom. The van der Waals surface area contributed by atoms with E-state index in [1.54, 1.807) is 17.4 Å². The van der Waals surface area contributed by atoms with Crippen molar-refractivity contribution in [3.05, 3.63) is 45.6 Å². The molecule has 0 spiro atoms. The summed E-state index contributed by atoms with van der Waals surface area (Å²) in [5, 5.41) is 1.97. The van der Waals surface area contributed by atoms with Crippen molar-refractivity contribution in [3.63, 3.8) is 0 Å². The highest BCUT2D eigenvalue weighted by molar-refractivity contribution is 7.13. The Hall–Kier alpha value is -1.88. The van der Waals surface area contributed by atoms with Crippen LogP contribution < -0.4 is 5.56 Å². The lowest BCUT2D eigenvalue weighted by atomic mass is 9.93. The number of nitrogens with zero attached hydrogens (tertiary/aromatic N) is 1. The van der Waals surface area contributed by atoms with E-state index >= 15 is 0 Å². The molecule has 1 aliphatic rings. The highest BCUT2D eigenvalue weighted by Crippen LogP contribution is 2.25. The van der Waals surface area contributed by atoms with Gasteiger partial charge < -0.3 is 9.88 Å². The Kier molecular flexibility index (Phi) is 5.74. The first-order chi connectivity index (χ1) is 12.1. The van der Waals surface area contributed by atoms with Gasteiger partial charge in [0.15, 0.2) is 0 Å². The first-order valence-electron chi connectivity index (χ1n) is 9.14. The van der Waals surface area contributed by atoms with Gasteiger partial charge in [-0.05, 0) is 42.3 Å². The van der Waals surface area contributed by atoms with Crippen LogP contribution >= 0.6 is 11.3 Å². The summed E-state index contributed by atoms with van der Waals surface area (Å²) in [6.07, 6.45) is 5.67. The van der Waals surface area contributed by atoms with Crippen molar-refractivity contribution >= 4 is 17.2 Å². The second-order valence-corrected chi connectivity index (χ2v) is 8.18. The van der Waals surface area contributed by atoms with E-state index in [9.17, 15) is 9.59 Å². The number of nitrogens with one attached hydrogen (secondary N) is 1. The van der Waals surface area contributed by atoms with Gasteiger partial charge in [0.25, 0.3) is 11.5 Å². The van der Waals surface area contributed by atoms with Crippen LogP contribution in [0.3, 0.4) is 0 Å². The first kappa shape index (κ1) is 17.9. The van der Waals surface area contributed by atoms with Crippen LogP contribution in [0.25, 0.3) is 10.6 Å². The molecule has 0 atom stereocenters. The highest BCUT2D eigenvalue weighted by Gasteiger charge is 2.28. The van der Waals surface area contributed by atoms with Crippen molar-refractivity contribution < 1.29 is 4.79 Å². The molecule has 0 saturated heterocycles. The molecule has 0 bridgehead atoms. The lowest BCUT2D eigenvalue weighted by Gasteiger charge is -2.35. The number of H-pyrrole nitrogens is 1. The predicted octanol–water partition coefficient (Wildman–Crippen LogP) is 4.53. The van der Waals surface area contributed by atoms with E-state index in [1.165, 1.54) is 19.3 Å². The summed E-state index contributed by atoms with van der Waals surface area (Å²) < 4.78 is 0. The Balaban J connectivity index is 1.87. The van der Waals surface area contributed by atoms with E-state index in [2.05, 4.69) is 18.8 Å². The SMILES string of the molecule is CC(C)CN(C(=O)c1ccc(-c2cccs2)[nH]c1=O)C1CCCCC1. The van der Waals surface area contributed by atoms with Crippen molar-refractivity contribution in [1.82, 2.24) is 9.88 Å². The fraction of sp³-hybridized carbons (Fsp3) is 0.500. The van der Waals surface area contributed by atoms with Crippen molar-refractivity contribution in [2.45, 2.75) is 52.0 Å². The van der Waals surface area contributed by atoms with Gasteiger partial charge in [0, 0.05) is 12.6 Å². The number of thiophene rings is 1. The molecule has 2 aromatic heterocycles. The molecule has 1 amide bonds. The number of carbonyl (C=O) groups is 1. The molecule has 5 heteroatoms.